The lowest BCUT2D eigenvalue weighted by Gasteiger charge is -2.16. The van der Waals surface area contributed by atoms with Crippen molar-refractivity contribution in [1.29, 1.82) is 5.26 Å². The van der Waals surface area contributed by atoms with Crippen molar-refractivity contribution in [2.45, 2.75) is 31.3 Å². The van der Waals surface area contributed by atoms with E-state index in [0.717, 1.165) is 10.9 Å². The van der Waals surface area contributed by atoms with Crippen LogP contribution in [0.1, 0.15) is 31.3 Å². The first-order valence-corrected chi connectivity index (χ1v) is 11.1. The third-order valence-electron chi connectivity index (χ3n) is 4.81. The maximum Gasteiger partial charge on any atom is 0.322 e. The van der Waals surface area contributed by atoms with E-state index in [1.807, 2.05) is 43.5 Å². The third-order valence-corrected chi connectivity index (χ3v) is 6.41. The second-order valence-corrected chi connectivity index (χ2v) is 8.55. The van der Waals surface area contributed by atoms with Gasteiger partial charge in [-0.1, -0.05) is 17.2 Å². The van der Waals surface area contributed by atoms with E-state index in [1.54, 1.807) is 23.6 Å². The van der Waals surface area contributed by atoms with Crippen LogP contribution in [0.5, 0.6) is 11.8 Å². The number of hydrogen-bond acceptors (Lipinski definition) is 6. The predicted molar refractivity (Wildman–Crippen MR) is 114 cm³/mol. The van der Waals surface area contributed by atoms with Gasteiger partial charge in [0.05, 0.1) is 16.5 Å². The van der Waals surface area contributed by atoms with Crippen LogP contribution in [0.2, 0.25) is 0 Å². The standard InChI is InChI=1S/C21H20N6O3S/c1-3-27-20(14(2)26-31(28,29)19-7-5-4-6-16(19)13-22)24-25-21(27)30-17-9-8-15-10-11-23-18(15)12-17/h4-12,14,23,26H,3H2,1-2H3/t14-/m1/s1. The number of fused-ring (bicyclic) bond motifs is 1. The summed E-state index contributed by atoms with van der Waals surface area (Å²) >= 11 is 0. The van der Waals surface area contributed by atoms with Gasteiger partial charge < -0.3 is 9.72 Å². The van der Waals surface area contributed by atoms with Crippen LogP contribution in [0.15, 0.2) is 59.6 Å². The largest absolute Gasteiger partial charge is 0.424 e. The van der Waals surface area contributed by atoms with E-state index < -0.39 is 16.1 Å². The van der Waals surface area contributed by atoms with Crippen molar-refractivity contribution < 1.29 is 13.2 Å². The molecular weight excluding hydrogens is 416 g/mol. The molecule has 0 aliphatic carbocycles. The molecule has 0 saturated heterocycles. The summed E-state index contributed by atoms with van der Waals surface area (Å²) in [6.45, 7) is 4.03. The minimum atomic E-state index is -3.94. The molecule has 1 atom stereocenters. The average molecular weight is 436 g/mol. The van der Waals surface area contributed by atoms with Gasteiger partial charge in [0.25, 0.3) is 0 Å². The normalized spacial score (nSPS) is 12.5. The van der Waals surface area contributed by atoms with Gasteiger partial charge in [0.1, 0.15) is 11.8 Å². The molecule has 2 aromatic heterocycles. The highest BCUT2D eigenvalue weighted by molar-refractivity contribution is 7.89. The molecule has 4 aromatic rings. The Morgan fingerprint density at radius 1 is 1.23 bits per heavy atom. The first-order valence-electron chi connectivity index (χ1n) is 9.62. The number of sulfonamides is 1. The summed E-state index contributed by atoms with van der Waals surface area (Å²) in [6.07, 6.45) is 1.85. The molecule has 4 rings (SSSR count). The molecule has 158 valence electrons. The highest BCUT2D eigenvalue weighted by Gasteiger charge is 2.25. The fraction of sp³-hybridized carbons (Fsp3) is 0.190. The number of ether oxygens (including phenoxy) is 1. The van der Waals surface area contributed by atoms with Crippen molar-refractivity contribution in [2.24, 2.45) is 0 Å². The average Bonchev–Trinajstić information content (AvgIpc) is 3.39. The number of aromatic amines is 1. The van der Waals surface area contributed by atoms with Crippen LogP contribution >= 0.6 is 0 Å². The van der Waals surface area contributed by atoms with Gasteiger partial charge in [-0.2, -0.15) is 5.26 Å². The van der Waals surface area contributed by atoms with Gasteiger partial charge in [-0.3, -0.25) is 4.57 Å². The molecule has 10 heteroatoms. The molecule has 0 bridgehead atoms. The summed E-state index contributed by atoms with van der Waals surface area (Å²) in [4.78, 5) is 3.05. The number of rotatable bonds is 7. The van der Waals surface area contributed by atoms with Gasteiger partial charge in [0.2, 0.25) is 10.0 Å². The number of nitrogens with zero attached hydrogens (tertiary/aromatic N) is 4. The second-order valence-electron chi connectivity index (χ2n) is 6.86. The molecule has 2 N–H and O–H groups in total. The van der Waals surface area contributed by atoms with Gasteiger partial charge in [0.15, 0.2) is 5.82 Å². The number of nitriles is 1. The Morgan fingerprint density at radius 2 is 2.03 bits per heavy atom. The van der Waals surface area contributed by atoms with Gasteiger partial charge >= 0.3 is 6.01 Å². The minimum absolute atomic E-state index is 0.0721. The quantitative estimate of drug-likeness (QED) is 0.457. The fourth-order valence-corrected chi connectivity index (χ4v) is 4.69. The minimum Gasteiger partial charge on any atom is -0.424 e. The smallest absolute Gasteiger partial charge is 0.322 e. The third kappa shape index (κ3) is 4.01. The van der Waals surface area contributed by atoms with E-state index in [4.69, 9.17) is 4.74 Å². The molecular formula is C21H20N6O3S. The topological polar surface area (TPSA) is 126 Å². The van der Waals surface area contributed by atoms with Crippen molar-refractivity contribution in [3.05, 3.63) is 66.1 Å². The van der Waals surface area contributed by atoms with Crippen molar-refractivity contribution in [3.63, 3.8) is 0 Å². The van der Waals surface area contributed by atoms with Crippen LogP contribution in [0.25, 0.3) is 10.9 Å². The molecule has 0 unspecified atom stereocenters. The van der Waals surface area contributed by atoms with Gasteiger partial charge in [-0.25, -0.2) is 13.1 Å². The lowest BCUT2D eigenvalue weighted by molar-refractivity contribution is 0.408. The Morgan fingerprint density at radius 3 is 2.81 bits per heavy atom. The summed E-state index contributed by atoms with van der Waals surface area (Å²) in [6, 6.07) is 15.1. The van der Waals surface area contributed by atoms with Crippen LogP contribution in [-0.4, -0.2) is 28.2 Å². The lowest BCUT2D eigenvalue weighted by atomic mass is 10.2. The number of aromatic nitrogens is 4. The van der Waals surface area contributed by atoms with Crippen LogP contribution < -0.4 is 9.46 Å². The van der Waals surface area contributed by atoms with Gasteiger partial charge in [0, 0.05) is 24.3 Å². The van der Waals surface area contributed by atoms with Crippen LogP contribution in [-0.2, 0) is 16.6 Å². The number of hydrogen-bond donors (Lipinski definition) is 2. The van der Waals surface area contributed by atoms with E-state index in [2.05, 4.69) is 19.9 Å². The molecule has 2 aromatic carbocycles. The summed E-state index contributed by atoms with van der Waals surface area (Å²) in [7, 11) is -3.94. The molecule has 0 saturated carbocycles. The van der Waals surface area contributed by atoms with E-state index in [9.17, 15) is 13.7 Å². The molecule has 0 aliphatic rings. The molecule has 0 spiro atoms. The zero-order chi connectivity index (χ0) is 22.0. The maximum atomic E-state index is 12.8. The maximum absolute atomic E-state index is 12.8. The van der Waals surface area contributed by atoms with Crippen LogP contribution in [0.3, 0.4) is 0 Å². The molecule has 0 amide bonds. The van der Waals surface area contributed by atoms with E-state index in [1.165, 1.54) is 12.1 Å². The fourth-order valence-electron chi connectivity index (χ4n) is 3.33. The lowest BCUT2D eigenvalue weighted by Crippen LogP contribution is -2.29. The molecule has 0 radical (unpaired) electrons. The zero-order valence-corrected chi connectivity index (χ0v) is 17.7. The van der Waals surface area contributed by atoms with Crippen molar-refractivity contribution in [3.8, 4) is 17.8 Å². The number of benzene rings is 2. The SMILES string of the molecule is CCn1c(Oc2ccc3cc[nH]c3c2)nnc1[C@@H](C)NS(=O)(=O)c1ccccc1C#N. The first kappa shape index (κ1) is 20.6. The van der Waals surface area contributed by atoms with Crippen molar-refractivity contribution in [1.82, 2.24) is 24.5 Å². The Hall–Kier alpha value is -3.68. The van der Waals surface area contributed by atoms with Crippen molar-refractivity contribution >= 4 is 20.9 Å². The van der Waals surface area contributed by atoms with Crippen molar-refractivity contribution in [2.75, 3.05) is 0 Å². The molecule has 0 aliphatic heterocycles. The first-order chi connectivity index (χ1) is 14.9. The molecule has 9 nitrogen and oxygen atoms in total. The monoisotopic (exact) mass is 436 g/mol. The van der Waals surface area contributed by atoms with Gasteiger partial charge in [-0.15, -0.1) is 5.10 Å². The summed E-state index contributed by atoms with van der Waals surface area (Å²) < 4.78 is 35.9. The second kappa shape index (κ2) is 8.22. The highest BCUT2D eigenvalue weighted by atomic mass is 32.2. The van der Waals surface area contributed by atoms with E-state index >= 15 is 0 Å². The van der Waals surface area contributed by atoms with E-state index in [0.29, 0.717) is 18.1 Å². The molecule has 2 heterocycles. The molecule has 31 heavy (non-hydrogen) atoms. The Kier molecular flexibility index (Phi) is 5.46. The zero-order valence-electron chi connectivity index (χ0n) is 16.9. The van der Waals surface area contributed by atoms with Crippen LogP contribution in [0, 0.1) is 11.3 Å². The summed E-state index contributed by atoms with van der Waals surface area (Å²) in [5.41, 5.74) is 1.00. The van der Waals surface area contributed by atoms with Crippen LogP contribution in [0.4, 0.5) is 0 Å². The van der Waals surface area contributed by atoms with E-state index in [-0.39, 0.29) is 16.5 Å². The predicted octanol–water partition coefficient (Wildman–Crippen LogP) is 3.48. The Labute approximate surface area is 179 Å². The summed E-state index contributed by atoms with van der Waals surface area (Å²) in [5, 5.41) is 18.5. The molecule has 0 fully saturated rings. The summed E-state index contributed by atoms with van der Waals surface area (Å²) in [5.74, 6) is 0.983. The Balaban J connectivity index is 1.59. The Bertz CT molecular complexity index is 1380. The number of nitrogens with one attached hydrogen (secondary N) is 2. The van der Waals surface area contributed by atoms with Gasteiger partial charge in [-0.05, 0) is 49.6 Å². The number of H-pyrrole nitrogens is 1. The highest BCUT2D eigenvalue weighted by Crippen LogP contribution is 2.26.